The Bertz CT molecular complexity index is 1440. The molecule has 0 amide bonds. The molecule has 1 aliphatic carbocycles. The SMILES string of the molecule is Cc1ccc2c(oc3ccc4ccccc4c32)c1-c1ccc(C2CCCCC2)c[n+]1C. The van der Waals surface area contributed by atoms with Crippen LogP contribution in [0.25, 0.3) is 44.0 Å². The van der Waals surface area contributed by atoms with Crippen LogP contribution in [0.15, 0.2) is 71.3 Å². The van der Waals surface area contributed by atoms with Crippen molar-refractivity contribution in [1.29, 1.82) is 0 Å². The van der Waals surface area contributed by atoms with Crippen molar-refractivity contribution >= 4 is 32.7 Å². The Kier molecular flexibility index (Phi) is 4.34. The van der Waals surface area contributed by atoms with Crippen molar-refractivity contribution in [1.82, 2.24) is 0 Å². The molecule has 0 unspecified atom stereocenters. The zero-order valence-electron chi connectivity index (χ0n) is 18.3. The average Bonchev–Trinajstić information content (AvgIpc) is 3.19. The molecule has 0 saturated heterocycles. The second kappa shape index (κ2) is 7.23. The van der Waals surface area contributed by atoms with E-state index in [0.717, 1.165) is 11.2 Å². The third kappa shape index (κ3) is 2.96. The third-order valence-corrected chi connectivity index (χ3v) is 7.23. The molecule has 1 saturated carbocycles. The highest BCUT2D eigenvalue weighted by atomic mass is 16.3. The molecule has 0 radical (unpaired) electrons. The van der Waals surface area contributed by atoms with E-state index in [1.165, 1.54) is 76.0 Å². The van der Waals surface area contributed by atoms with E-state index in [9.17, 15) is 0 Å². The molecule has 2 heterocycles. The first-order valence-electron chi connectivity index (χ1n) is 11.5. The van der Waals surface area contributed by atoms with E-state index in [4.69, 9.17) is 4.42 Å². The number of hydrogen-bond acceptors (Lipinski definition) is 1. The highest BCUT2D eigenvalue weighted by molar-refractivity contribution is 6.20. The number of aromatic nitrogens is 1. The summed E-state index contributed by atoms with van der Waals surface area (Å²) in [7, 11) is 2.18. The second-order valence-electron chi connectivity index (χ2n) is 9.19. The topological polar surface area (TPSA) is 17.0 Å². The summed E-state index contributed by atoms with van der Waals surface area (Å²) >= 11 is 0. The summed E-state index contributed by atoms with van der Waals surface area (Å²) < 4.78 is 8.82. The number of furan rings is 1. The Balaban J connectivity index is 1.57. The average molecular weight is 407 g/mol. The first-order chi connectivity index (χ1) is 15.2. The minimum absolute atomic E-state index is 0.712. The molecule has 1 aliphatic rings. The van der Waals surface area contributed by atoms with Crippen LogP contribution in [0, 0.1) is 6.92 Å². The van der Waals surface area contributed by atoms with Gasteiger partial charge in [-0.1, -0.05) is 61.7 Å². The normalized spacial score (nSPS) is 15.3. The smallest absolute Gasteiger partial charge is 0.216 e. The summed E-state index contributed by atoms with van der Waals surface area (Å²) in [6.07, 6.45) is 9.11. The number of rotatable bonds is 2. The van der Waals surface area contributed by atoms with Crippen LogP contribution in [0.2, 0.25) is 0 Å². The largest absolute Gasteiger partial charge is 0.455 e. The predicted octanol–water partition coefficient (Wildman–Crippen LogP) is 7.59. The van der Waals surface area contributed by atoms with Gasteiger partial charge in [0.1, 0.15) is 18.2 Å². The van der Waals surface area contributed by atoms with Crippen LogP contribution in [0.3, 0.4) is 0 Å². The van der Waals surface area contributed by atoms with Crippen molar-refractivity contribution in [2.24, 2.45) is 7.05 Å². The number of hydrogen-bond donors (Lipinski definition) is 0. The number of fused-ring (bicyclic) bond motifs is 5. The van der Waals surface area contributed by atoms with Crippen LogP contribution in [0.5, 0.6) is 0 Å². The van der Waals surface area contributed by atoms with Gasteiger partial charge in [-0.3, -0.25) is 0 Å². The molecule has 0 N–H and O–H groups in total. The lowest BCUT2D eigenvalue weighted by atomic mass is 9.84. The van der Waals surface area contributed by atoms with Crippen LogP contribution in [0.4, 0.5) is 0 Å². The molecule has 31 heavy (non-hydrogen) atoms. The van der Waals surface area contributed by atoms with Crippen molar-refractivity contribution in [3.63, 3.8) is 0 Å². The van der Waals surface area contributed by atoms with Gasteiger partial charge in [-0.15, -0.1) is 0 Å². The summed E-state index contributed by atoms with van der Waals surface area (Å²) in [5, 5.41) is 4.92. The summed E-state index contributed by atoms with van der Waals surface area (Å²) in [5.74, 6) is 0.712. The lowest BCUT2D eigenvalue weighted by Crippen LogP contribution is -2.32. The maximum absolute atomic E-state index is 6.52. The van der Waals surface area contributed by atoms with Crippen molar-refractivity contribution in [2.75, 3.05) is 0 Å². The van der Waals surface area contributed by atoms with Crippen molar-refractivity contribution in [2.45, 2.75) is 44.9 Å². The monoisotopic (exact) mass is 406 g/mol. The van der Waals surface area contributed by atoms with Crippen LogP contribution < -0.4 is 4.57 Å². The predicted molar refractivity (Wildman–Crippen MR) is 128 cm³/mol. The van der Waals surface area contributed by atoms with E-state index in [-0.39, 0.29) is 0 Å². The van der Waals surface area contributed by atoms with Crippen molar-refractivity contribution < 1.29 is 8.98 Å². The molecular formula is C29H28NO+. The van der Waals surface area contributed by atoms with Crippen LogP contribution >= 0.6 is 0 Å². The van der Waals surface area contributed by atoms with Crippen molar-refractivity contribution in [3.05, 3.63) is 78.0 Å². The quantitative estimate of drug-likeness (QED) is 0.276. The fourth-order valence-electron chi connectivity index (χ4n) is 5.59. The second-order valence-corrected chi connectivity index (χ2v) is 9.19. The van der Waals surface area contributed by atoms with Gasteiger partial charge in [0.15, 0.2) is 6.20 Å². The maximum Gasteiger partial charge on any atom is 0.216 e. The van der Waals surface area contributed by atoms with Gasteiger partial charge < -0.3 is 4.42 Å². The highest BCUT2D eigenvalue weighted by Gasteiger charge is 2.24. The van der Waals surface area contributed by atoms with E-state index < -0.39 is 0 Å². The lowest BCUT2D eigenvalue weighted by molar-refractivity contribution is -0.660. The van der Waals surface area contributed by atoms with Crippen LogP contribution in [0.1, 0.15) is 49.1 Å². The van der Waals surface area contributed by atoms with Crippen LogP contribution in [-0.4, -0.2) is 0 Å². The Labute approximate surface area is 183 Å². The molecule has 2 heteroatoms. The summed E-state index contributed by atoms with van der Waals surface area (Å²) in [5.41, 5.74) is 7.10. The minimum atomic E-state index is 0.712. The molecule has 0 atom stereocenters. The molecule has 3 aromatic carbocycles. The molecule has 0 aliphatic heterocycles. The fraction of sp³-hybridized carbons (Fsp3) is 0.276. The van der Waals surface area contributed by atoms with E-state index >= 15 is 0 Å². The molecule has 1 fully saturated rings. The fourth-order valence-corrected chi connectivity index (χ4v) is 5.59. The Morgan fingerprint density at radius 1 is 0.839 bits per heavy atom. The highest BCUT2D eigenvalue weighted by Crippen LogP contribution is 2.40. The number of nitrogens with zero attached hydrogens (tertiary/aromatic N) is 1. The van der Waals surface area contributed by atoms with E-state index in [0.29, 0.717) is 5.92 Å². The Morgan fingerprint density at radius 2 is 1.68 bits per heavy atom. The van der Waals surface area contributed by atoms with Crippen molar-refractivity contribution in [3.8, 4) is 11.3 Å². The third-order valence-electron chi connectivity index (χ3n) is 7.23. The molecular weight excluding hydrogens is 378 g/mol. The van der Waals surface area contributed by atoms with Gasteiger partial charge in [0.2, 0.25) is 5.69 Å². The summed E-state index contributed by atoms with van der Waals surface area (Å²) in [4.78, 5) is 0. The number of benzene rings is 3. The van der Waals surface area contributed by atoms with Gasteiger partial charge in [0.05, 0.1) is 5.56 Å². The first kappa shape index (κ1) is 18.6. The lowest BCUT2D eigenvalue weighted by Gasteiger charge is -2.21. The molecule has 0 spiro atoms. The van der Waals surface area contributed by atoms with Gasteiger partial charge in [-0.25, -0.2) is 4.57 Å². The van der Waals surface area contributed by atoms with E-state index in [1.54, 1.807) is 0 Å². The van der Waals surface area contributed by atoms with Gasteiger partial charge in [-0.2, -0.15) is 0 Å². The standard InChI is InChI=1S/C29H28NO/c1-19-12-15-24-28-23-11-7-6-10-21(23)14-17-26(28)31-29(24)27(19)25-16-13-22(18-30(25)2)20-8-4-3-5-9-20/h6-7,10-18,20H,3-5,8-9H2,1-2H3/q+1. The van der Waals surface area contributed by atoms with Crippen LogP contribution in [-0.2, 0) is 7.05 Å². The Hall–Kier alpha value is -3.13. The van der Waals surface area contributed by atoms with Gasteiger partial charge in [0.25, 0.3) is 0 Å². The minimum Gasteiger partial charge on any atom is -0.455 e. The molecule has 5 aromatic rings. The summed E-state index contributed by atoms with van der Waals surface area (Å²) in [6, 6.07) is 22.0. The van der Waals surface area contributed by atoms with Gasteiger partial charge in [0, 0.05) is 22.4 Å². The summed E-state index contributed by atoms with van der Waals surface area (Å²) in [6.45, 7) is 2.19. The van der Waals surface area contributed by atoms with Gasteiger partial charge >= 0.3 is 0 Å². The molecule has 6 rings (SSSR count). The molecule has 154 valence electrons. The molecule has 2 nitrogen and oxygen atoms in total. The van der Waals surface area contributed by atoms with Gasteiger partial charge in [-0.05, 0) is 54.2 Å². The molecule has 2 aromatic heterocycles. The Morgan fingerprint density at radius 3 is 2.52 bits per heavy atom. The zero-order chi connectivity index (χ0) is 20.9. The zero-order valence-corrected chi connectivity index (χ0v) is 18.3. The maximum atomic E-state index is 6.52. The van der Waals surface area contributed by atoms with E-state index in [2.05, 4.69) is 85.4 Å². The van der Waals surface area contributed by atoms with E-state index in [1.807, 2.05) is 0 Å². The number of pyridine rings is 1. The first-order valence-corrected chi connectivity index (χ1v) is 11.5. The number of aryl methyl sites for hydroxylation is 2. The molecule has 0 bridgehead atoms.